The van der Waals surface area contributed by atoms with E-state index in [2.05, 4.69) is 10.3 Å². The number of sulfonamides is 1. The van der Waals surface area contributed by atoms with Crippen LogP contribution < -0.4 is 14.8 Å². The van der Waals surface area contributed by atoms with Gasteiger partial charge in [-0.2, -0.15) is 4.31 Å². The van der Waals surface area contributed by atoms with E-state index in [1.807, 2.05) is 6.07 Å². The number of nitrogens with zero attached hydrogens (tertiary/aromatic N) is 2. The van der Waals surface area contributed by atoms with Crippen molar-refractivity contribution in [3.63, 3.8) is 0 Å². The molecule has 1 aliphatic heterocycles. The number of aromatic nitrogens is 1. The van der Waals surface area contributed by atoms with Gasteiger partial charge in [-0.1, -0.05) is 29.8 Å². The number of fused-ring (bicyclic) bond motifs is 1. The largest absolute Gasteiger partial charge is 0.454 e. The lowest BCUT2D eigenvalue weighted by Crippen LogP contribution is -2.40. The fourth-order valence-corrected chi connectivity index (χ4v) is 4.61. The molecule has 1 N–H and O–H groups in total. The molecule has 1 aliphatic rings. The Bertz CT molecular complexity index is 1200. The van der Waals surface area contributed by atoms with Gasteiger partial charge < -0.3 is 14.8 Å². The zero-order chi connectivity index (χ0) is 22.6. The molecular formula is C22H20ClN3O5S. The number of nitrogens with one attached hydrogen (secondary N) is 1. The molecule has 0 atom stereocenters. The van der Waals surface area contributed by atoms with Crippen molar-refractivity contribution in [2.45, 2.75) is 18.0 Å². The van der Waals surface area contributed by atoms with Crippen LogP contribution in [-0.2, 0) is 27.9 Å². The molecule has 2 heterocycles. The highest BCUT2D eigenvalue weighted by molar-refractivity contribution is 7.89. The first-order valence-corrected chi connectivity index (χ1v) is 11.5. The summed E-state index contributed by atoms with van der Waals surface area (Å²) in [5, 5.41) is 3.30. The number of amides is 1. The smallest absolute Gasteiger partial charge is 0.245 e. The summed E-state index contributed by atoms with van der Waals surface area (Å²) in [7, 11) is -3.95. The SMILES string of the molecule is O=C(CN(Cc1ccc(Cl)cc1)S(=O)(=O)c1cccnc1)NCc1ccc2c(c1)OCO2. The van der Waals surface area contributed by atoms with Crippen LogP contribution in [0.25, 0.3) is 0 Å². The molecule has 8 nitrogen and oxygen atoms in total. The van der Waals surface area contributed by atoms with Crippen molar-refractivity contribution in [3.05, 3.63) is 83.1 Å². The summed E-state index contributed by atoms with van der Waals surface area (Å²) in [5.41, 5.74) is 1.51. The Balaban J connectivity index is 1.49. The van der Waals surface area contributed by atoms with Crippen LogP contribution in [0.4, 0.5) is 0 Å². The molecule has 0 unspecified atom stereocenters. The van der Waals surface area contributed by atoms with E-state index in [0.29, 0.717) is 22.1 Å². The van der Waals surface area contributed by atoms with Crippen molar-refractivity contribution in [1.82, 2.24) is 14.6 Å². The third kappa shape index (κ3) is 5.18. The highest BCUT2D eigenvalue weighted by Gasteiger charge is 2.27. The highest BCUT2D eigenvalue weighted by atomic mass is 35.5. The molecule has 3 aromatic rings. The summed E-state index contributed by atoms with van der Waals surface area (Å²) in [6, 6.07) is 15.1. The van der Waals surface area contributed by atoms with E-state index in [0.717, 1.165) is 9.87 Å². The number of pyridine rings is 1. The molecule has 32 heavy (non-hydrogen) atoms. The third-order valence-electron chi connectivity index (χ3n) is 4.79. The average molecular weight is 474 g/mol. The zero-order valence-electron chi connectivity index (χ0n) is 16.9. The lowest BCUT2D eigenvalue weighted by molar-refractivity contribution is -0.121. The summed E-state index contributed by atoms with van der Waals surface area (Å²) >= 11 is 5.93. The van der Waals surface area contributed by atoms with Crippen molar-refractivity contribution < 1.29 is 22.7 Å². The Morgan fingerprint density at radius 2 is 1.81 bits per heavy atom. The summed E-state index contributed by atoms with van der Waals surface area (Å²) in [6.45, 7) is 0.0322. The zero-order valence-corrected chi connectivity index (χ0v) is 18.5. The Morgan fingerprint density at radius 3 is 2.56 bits per heavy atom. The molecule has 0 bridgehead atoms. The second kappa shape index (κ2) is 9.56. The molecule has 0 saturated heterocycles. The van der Waals surface area contributed by atoms with Crippen LogP contribution in [0.3, 0.4) is 0 Å². The molecule has 10 heteroatoms. The van der Waals surface area contributed by atoms with Gasteiger partial charge in [0.25, 0.3) is 0 Å². The van der Waals surface area contributed by atoms with Crippen molar-refractivity contribution in [1.29, 1.82) is 0 Å². The monoisotopic (exact) mass is 473 g/mol. The lowest BCUT2D eigenvalue weighted by atomic mass is 10.2. The highest BCUT2D eigenvalue weighted by Crippen LogP contribution is 2.32. The van der Waals surface area contributed by atoms with Gasteiger partial charge in [0.05, 0.1) is 6.54 Å². The third-order valence-corrected chi connectivity index (χ3v) is 6.82. The normalized spacial score (nSPS) is 12.7. The van der Waals surface area contributed by atoms with Crippen molar-refractivity contribution in [3.8, 4) is 11.5 Å². The van der Waals surface area contributed by atoms with Crippen LogP contribution in [0.1, 0.15) is 11.1 Å². The Hall–Kier alpha value is -3.14. The predicted octanol–water partition coefficient (Wildman–Crippen LogP) is 2.97. The second-order valence-corrected chi connectivity index (χ2v) is 9.43. The van der Waals surface area contributed by atoms with Gasteiger partial charge in [-0.3, -0.25) is 9.78 Å². The van der Waals surface area contributed by atoms with Crippen molar-refractivity contribution in [2.24, 2.45) is 0 Å². The predicted molar refractivity (Wildman–Crippen MR) is 118 cm³/mol. The molecule has 0 saturated carbocycles. The number of hydrogen-bond acceptors (Lipinski definition) is 6. The van der Waals surface area contributed by atoms with E-state index in [9.17, 15) is 13.2 Å². The van der Waals surface area contributed by atoms with Gasteiger partial charge >= 0.3 is 0 Å². The molecule has 166 valence electrons. The van der Waals surface area contributed by atoms with E-state index in [1.54, 1.807) is 36.4 Å². The molecule has 0 fully saturated rings. The Labute approximate surface area is 190 Å². The van der Waals surface area contributed by atoms with Gasteiger partial charge in [-0.15, -0.1) is 0 Å². The van der Waals surface area contributed by atoms with Gasteiger partial charge in [0.2, 0.25) is 22.7 Å². The number of carbonyl (C=O) groups excluding carboxylic acids is 1. The molecule has 0 spiro atoms. The van der Waals surface area contributed by atoms with Crippen LogP contribution in [0.5, 0.6) is 11.5 Å². The second-order valence-electron chi connectivity index (χ2n) is 7.05. The molecule has 1 amide bonds. The minimum atomic E-state index is -3.95. The molecule has 0 aliphatic carbocycles. The van der Waals surface area contributed by atoms with E-state index in [1.165, 1.54) is 24.5 Å². The summed E-state index contributed by atoms with van der Waals surface area (Å²) in [5.74, 6) is 0.821. The van der Waals surface area contributed by atoms with Gasteiger partial charge in [0.15, 0.2) is 11.5 Å². The number of benzene rings is 2. The first-order chi connectivity index (χ1) is 15.4. The van der Waals surface area contributed by atoms with Gasteiger partial charge in [-0.05, 0) is 47.5 Å². The molecular weight excluding hydrogens is 454 g/mol. The first-order valence-electron chi connectivity index (χ1n) is 9.72. The standard InChI is InChI=1S/C22H20ClN3O5S/c23-18-6-3-16(4-7-18)13-26(32(28,29)19-2-1-9-24-12-19)14-22(27)25-11-17-5-8-20-21(10-17)31-15-30-20/h1-10,12H,11,13-15H2,(H,25,27). The van der Waals surface area contributed by atoms with Crippen molar-refractivity contribution in [2.75, 3.05) is 13.3 Å². The van der Waals surface area contributed by atoms with Crippen LogP contribution in [0.2, 0.25) is 5.02 Å². The van der Waals surface area contributed by atoms with Crippen LogP contribution in [-0.4, -0.2) is 37.0 Å². The maximum Gasteiger partial charge on any atom is 0.245 e. The van der Waals surface area contributed by atoms with Crippen molar-refractivity contribution >= 4 is 27.5 Å². The maximum atomic E-state index is 13.2. The number of rotatable bonds is 8. The maximum absolute atomic E-state index is 13.2. The van der Waals surface area contributed by atoms with E-state index in [4.69, 9.17) is 21.1 Å². The fourth-order valence-electron chi connectivity index (χ4n) is 3.14. The molecule has 0 radical (unpaired) electrons. The van der Waals surface area contributed by atoms with Gasteiger partial charge in [0, 0.05) is 30.5 Å². The molecule has 1 aromatic heterocycles. The minimum Gasteiger partial charge on any atom is -0.454 e. The quantitative estimate of drug-likeness (QED) is 0.540. The van der Waals surface area contributed by atoms with Gasteiger partial charge in [-0.25, -0.2) is 8.42 Å². The number of hydrogen-bond donors (Lipinski definition) is 1. The summed E-state index contributed by atoms with van der Waals surface area (Å²) in [4.78, 5) is 16.6. The van der Waals surface area contributed by atoms with E-state index >= 15 is 0 Å². The number of carbonyl (C=O) groups is 1. The number of ether oxygens (including phenoxy) is 2. The first kappa shape index (κ1) is 22.1. The topological polar surface area (TPSA) is 97.8 Å². The fraction of sp³-hybridized carbons (Fsp3) is 0.182. The van der Waals surface area contributed by atoms with E-state index in [-0.39, 0.29) is 31.3 Å². The molecule has 2 aromatic carbocycles. The Morgan fingerprint density at radius 1 is 1.06 bits per heavy atom. The number of halogens is 1. The lowest BCUT2D eigenvalue weighted by Gasteiger charge is -2.22. The summed E-state index contributed by atoms with van der Waals surface area (Å²) < 4.78 is 38.1. The average Bonchev–Trinajstić information content (AvgIpc) is 3.27. The van der Waals surface area contributed by atoms with Crippen LogP contribution in [0.15, 0.2) is 71.9 Å². The van der Waals surface area contributed by atoms with Crippen LogP contribution >= 0.6 is 11.6 Å². The Kier molecular flexibility index (Phi) is 6.59. The summed E-state index contributed by atoms with van der Waals surface area (Å²) in [6.07, 6.45) is 2.75. The molecule has 4 rings (SSSR count). The van der Waals surface area contributed by atoms with E-state index < -0.39 is 15.9 Å². The van der Waals surface area contributed by atoms with Crippen LogP contribution in [0, 0.1) is 0 Å². The minimum absolute atomic E-state index is 0.00579. The van der Waals surface area contributed by atoms with Gasteiger partial charge in [0.1, 0.15) is 4.90 Å².